The number of carbonyl (C=O) groups is 1. The molecule has 0 spiro atoms. The van der Waals surface area contributed by atoms with E-state index in [0.717, 1.165) is 13.0 Å². The third-order valence-electron chi connectivity index (χ3n) is 2.90. The van der Waals surface area contributed by atoms with Crippen LogP contribution in [0.5, 0.6) is 5.75 Å². The van der Waals surface area contributed by atoms with Crippen LogP contribution in [0.1, 0.15) is 6.42 Å². The molecule has 0 aliphatic carbocycles. The van der Waals surface area contributed by atoms with Crippen LogP contribution in [0.4, 0.5) is 10.5 Å². The molecule has 2 aromatic rings. The molecule has 0 aliphatic rings. The Kier molecular flexibility index (Phi) is 6.04. The molecule has 0 bridgehead atoms. The summed E-state index contributed by atoms with van der Waals surface area (Å²) in [5.74, 6) is 0.692. The van der Waals surface area contributed by atoms with Crippen molar-refractivity contribution in [3.8, 4) is 5.75 Å². The second kappa shape index (κ2) is 8.51. The number of aryl methyl sites for hydroxylation is 1. The summed E-state index contributed by atoms with van der Waals surface area (Å²) in [5.41, 5.74) is 0.689. The maximum Gasteiger partial charge on any atom is 0.319 e. The molecule has 22 heavy (non-hydrogen) atoms. The van der Waals surface area contributed by atoms with Crippen molar-refractivity contribution in [2.45, 2.75) is 13.0 Å². The molecule has 1 heterocycles. The molecule has 1 aromatic heterocycles. The molecule has 0 saturated heterocycles. The van der Waals surface area contributed by atoms with Gasteiger partial charge < -0.3 is 19.9 Å². The lowest BCUT2D eigenvalue weighted by Gasteiger charge is -2.09. The second-order valence-electron chi connectivity index (χ2n) is 4.66. The van der Waals surface area contributed by atoms with Crippen molar-refractivity contribution < 1.29 is 9.53 Å². The highest BCUT2D eigenvalue weighted by Gasteiger charge is 2.02. The number of aromatic nitrogens is 2. The van der Waals surface area contributed by atoms with Gasteiger partial charge in [-0.25, -0.2) is 9.78 Å². The predicted molar refractivity (Wildman–Crippen MR) is 86.0 cm³/mol. The van der Waals surface area contributed by atoms with E-state index in [1.165, 1.54) is 0 Å². The first kappa shape index (κ1) is 15.6. The lowest BCUT2D eigenvalue weighted by molar-refractivity contribution is 0.252. The topological polar surface area (TPSA) is 68.2 Å². The summed E-state index contributed by atoms with van der Waals surface area (Å²) in [6.07, 6.45) is 7.91. The van der Waals surface area contributed by atoms with E-state index in [2.05, 4.69) is 22.2 Å². The van der Waals surface area contributed by atoms with Crippen LogP contribution in [0, 0.1) is 0 Å². The monoisotopic (exact) mass is 300 g/mol. The minimum atomic E-state index is -0.230. The summed E-state index contributed by atoms with van der Waals surface area (Å²) < 4.78 is 7.39. The molecule has 2 N–H and O–H groups in total. The van der Waals surface area contributed by atoms with Gasteiger partial charge in [0, 0.05) is 37.2 Å². The number of nitrogens with zero attached hydrogens (tertiary/aromatic N) is 2. The first-order chi connectivity index (χ1) is 10.8. The van der Waals surface area contributed by atoms with Gasteiger partial charge in [0.2, 0.25) is 0 Å². The molecular weight excluding hydrogens is 280 g/mol. The van der Waals surface area contributed by atoms with Gasteiger partial charge >= 0.3 is 6.03 Å². The Labute approximate surface area is 129 Å². The third-order valence-corrected chi connectivity index (χ3v) is 2.90. The van der Waals surface area contributed by atoms with E-state index in [0.29, 0.717) is 24.6 Å². The van der Waals surface area contributed by atoms with Gasteiger partial charge in [-0.2, -0.15) is 0 Å². The molecule has 2 rings (SSSR count). The van der Waals surface area contributed by atoms with E-state index in [4.69, 9.17) is 4.74 Å². The van der Waals surface area contributed by atoms with Crippen LogP contribution in [0.25, 0.3) is 0 Å². The highest BCUT2D eigenvalue weighted by atomic mass is 16.5. The smallest absolute Gasteiger partial charge is 0.319 e. The number of hydrogen-bond acceptors (Lipinski definition) is 3. The van der Waals surface area contributed by atoms with E-state index in [1.54, 1.807) is 24.7 Å². The summed E-state index contributed by atoms with van der Waals surface area (Å²) in [4.78, 5) is 15.8. The fraction of sp³-hybridized carbons (Fsp3) is 0.250. The van der Waals surface area contributed by atoms with Crippen LogP contribution < -0.4 is 15.4 Å². The fourth-order valence-electron chi connectivity index (χ4n) is 1.88. The standard InChI is InChI=1S/C16H20N4O2/c1-2-11-22-15-6-3-5-14(12-15)19-16(21)18-7-4-9-20-10-8-17-13-20/h2-3,5-6,8,10,12-13H,1,4,7,9,11H2,(H2,18,19,21). The van der Waals surface area contributed by atoms with Gasteiger partial charge in [-0.1, -0.05) is 18.7 Å². The Hall–Kier alpha value is -2.76. The Morgan fingerprint density at radius 1 is 1.45 bits per heavy atom. The largest absolute Gasteiger partial charge is 0.489 e. The van der Waals surface area contributed by atoms with Gasteiger partial charge in [0.25, 0.3) is 0 Å². The summed E-state index contributed by atoms with van der Waals surface area (Å²) in [7, 11) is 0. The Morgan fingerprint density at radius 2 is 2.36 bits per heavy atom. The first-order valence-corrected chi connectivity index (χ1v) is 7.12. The number of ether oxygens (including phenoxy) is 1. The van der Waals surface area contributed by atoms with Crippen LogP contribution in [-0.4, -0.2) is 28.7 Å². The van der Waals surface area contributed by atoms with Gasteiger partial charge in [0.15, 0.2) is 0 Å². The highest BCUT2D eigenvalue weighted by molar-refractivity contribution is 5.89. The molecule has 6 heteroatoms. The van der Waals surface area contributed by atoms with Crippen molar-refractivity contribution in [1.29, 1.82) is 0 Å². The summed E-state index contributed by atoms with van der Waals surface area (Å²) in [6, 6.07) is 7.01. The Morgan fingerprint density at radius 3 is 3.14 bits per heavy atom. The number of urea groups is 1. The third kappa shape index (κ3) is 5.32. The van der Waals surface area contributed by atoms with E-state index >= 15 is 0 Å². The van der Waals surface area contributed by atoms with Gasteiger partial charge in [0.05, 0.1) is 6.33 Å². The summed E-state index contributed by atoms with van der Waals surface area (Å²) in [6.45, 7) is 5.45. The minimum Gasteiger partial charge on any atom is -0.489 e. The van der Waals surface area contributed by atoms with E-state index in [9.17, 15) is 4.79 Å². The van der Waals surface area contributed by atoms with Crippen molar-refractivity contribution in [1.82, 2.24) is 14.9 Å². The molecule has 0 atom stereocenters. The molecule has 116 valence electrons. The molecule has 6 nitrogen and oxygen atoms in total. The van der Waals surface area contributed by atoms with Crippen LogP contribution in [0.15, 0.2) is 55.6 Å². The minimum absolute atomic E-state index is 0.230. The van der Waals surface area contributed by atoms with Gasteiger partial charge in [0.1, 0.15) is 12.4 Å². The number of anilines is 1. The average molecular weight is 300 g/mol. The van der Waals surface area contributed by atoms with Gasteiger partial charge in [-0.05, 0) is 18.6 Å². The second-order valence-corrected chi connectivity index (χ2v) is 4.66. The number of nitrogens with one attached hydrogen (secondary N) is 2. The van der Waals surface area contributed by atoms with E-state index < -0.39 is 0 Å². The maximum absolute atomic E-state index is 11.8. The summed E-state index contributed by atoms with van der Waals surface area (Å²) >= 11 is 0. The zero-order valence-electron chi connectivity index (χ0n) is 12.4. The molecule has 0 unspecified atom stereocenters. The van der Waals surface area contributed by atoms with Crippen molar-refractivity contribution in [2.75, 3.05) is 18.5 Å². The lowest BCUT2D eigenvalue weighted by Crippen LogP contribution is -2.30. The lowest BCUT2D eigenvalue weighted by atomic mass is 10.3. The Balaban J connectivity index is 1.70. The number of amides is 2. The molecule has 1 aromatic carbocycles. The highest BCUT2D eigenvalue weighted by Crippen LogP contribution is 2.17. The van der Waals surface area contributed by atoms with Crippen molar-refractivity contribution >= 4 is 11.7 Å². The Bertz CT molecular complexity index is 596. The molecule has 0 aliphatic heterocycles. The normalized spacial score (nSPS) is 10.0. The molecule has 0 fully saturated rings. The zero-order chi connectivity index (χ0) is 15.6. The van der Waals surface area contributed by atoms with Gasteiger partial charge in [-0.3, -0.25) is 0 Å². The quantitative estimate of drug-likeness (QED) is 0.582. The zero-order valence-corrected chi connectivity index (χ0v) is 12.4. The van der Waals surface area contributed by atoms with Crippen LogP contribution in [-0.2, 0) is 6.54 Å². The predicted octanol–water partition coefficient (Wildman–Crippen LogP) is 2.66. The SMILES string of the molecule is C=CCOc1cccc(NC(=O)NCCCn2ccnc2)c1. The van der Waals surface area contributed by atoms with Gasteiger partial charge in [-0.15, -0.1) is 0 Å². The maximum atomic E-state index is 11.8. The number of imidazole rings is 1. The number of benzene rings is 1. The van der Waals surface area contributed by atoms with E-state index in [-0.39, 0.29) is 6.03 Å². The molecule has 2 amide bonds. The molecular formula is C16H20N4O2. The number of rotatable bonds is 8. The number of hydrogen-bond donors (Lipinski definition) is 2. The fourth-order valence-corrected chi connectivity index (χ4v) is 1.88. The van der Waals surface area contributed by atoms with Crippen LogP contribution >= 0.6 is 0 Å². The summed E-state index contributed by atoms with van der Waals surface area (Å²) in [5, 5.41) is 5.59. The van der Waals surface area contributed by atoms with Crippen molar-refractivity contribution in [3.63, 3.8) is 0 Å². The van der Waals surface area contributed by atoms with Crippen molar-refractivity contribution in [3.05, 3.63) is 55.6 Å². The molecule has 0 saturated carbocycles. The first-order valence-electron chi connectivity index (χ1n) is 7.12. The van der Waals surface area contributed by atoms with Crippen LogP contribution in [0.3, 0.4) is 0 Å². The number of carbonyl (C=O) groups excluding carboxylic acids is 1. The van der Waals surface area contributed by atoms with Crippen LogP contribution in [0.2, 0.25) is 0 Å². The molecule has 0 radical (unpaired) electrons. The van der Waals surface area contributed by atoms with Crippen molar-refractivity contribution in [2.24, 2.45) is 0 Å². The van der Waals surface area contributed by atoms with E-state index in [1.807, 2.05) is 29.0 Å². The average Bonchev–Trinajstić information content (AvgIpc) is 3.03.